The summed E-state index contributed by atoms with van der Waals surface area (Å²) in [4.78, 5) is 18.9. The second kappa shape index (κ2) is 7.42. The molecule has 6 heteroatoms. The minimum Gasteiger partial charge on any atom is -0.356 e. The maximum atomic E-state index is 12.4. The number of hydrogen-bond acceptors (Lipinski definition) is 5. The summed E-state index contributed by atoms with van der Waals surface area (Å²) in [7, 11) is 0. The van der Waals surface area contributed by atoms with Crippen LogP contribution in [0.5, 0.6) is 0 Å². The molecular formula is C21H19N5O. The highest BCUT2D eigenvalue weighted by Crippen LogP contribution is 2.25. The first-order valence-corrected chi connectivity index (χ1v) is 9.02. The number of nitrogens with zero attached hydrogens (tertiary/aromatic N) is 5. The first-order valence-electron chi connectivity index (χ1n) is 9.02. The molecule has 0 atom stereocenters. The fourth-order valence-corrected chi connectivity index (χ4v) is 3.45. The summed E-state index contributed by atoms with van der Waals surface area (Å²) in [6.07, 6.45) is 1.62. The lowest BCUT2D eigenvalue weighted by Crippen LogP contribution is -2.38. The van der Waals surface area contributed by atoms with Gasteiger partial charge in [-0.3, -0.25) is 4.79 Å². The van der Waals surface area contributed by atoms with Crippen molar-refractivity contribution in [1.82, 2.24) is 14.8 Å². The first kappa shape index (κ1) is 17.0. The summed E-state index contributed by atoms with van der Waals surface area (Å²) < 4.78 is 1.62. The lowest BCUT2D eigenvalue weighted by atomic mass is 10.0. The molecule has 6 nitrogen and oxygen atoms in total. The fraction of sp³-hybridized carbons (Fsp3) is 0.238. The van der Waals surface area contributed by atoms with Gasteiger partial charge in [0.15, 0.2) is 0 Å². The van der Waals surface area contributed by atoms with E-state index in [-0.39, 0.29) is 11.6 Å². The molecule has 134 valence electrons. The number of hydrogen-bond donors (Lipinski definition) is 0. The van der Waals surface area contributed by atoms with Crippen LogP contribution in [0.3, 0.4) is 0 Å². The highest BCUT2D eigenvalue weighted by molar-refractivity contribution is 5.57. The smallest absolute Gasteiger partial charge is 0.267 e. The van der Waals surface area contributed by atoms with Crippen molar-refractivity contribution in [3.05, 3.63) is 76.7 Å². The van der Waals surface area contributed by atoms with E-state index in [0.717, 1.165) is 43.0 Å². The molecule has 0 radical (unpaired) electrons. The second-order valence-corrected chi connectivity index (χ2v) is 6.58. The Hall–Kier alpha value is -3.46. The van der Waals surface area contributed by atoms with Crippen LogP contribution in [-0.2, 0) is 0 Å². The summed E-state index contributed by atoms with van der Waals surface area (Å²) in [5.41, 5.74) is 2.16. The van der Waals surface area contributed by atoms with Crippen LogP contribution in [0.1, 0.15) is 24.6 Å². The minimum atomic E-state index is -0.0715. The molecule has 4 rings (SSSR count). The Morgan fingerprint density at radius 2 is 1.74 bits per heavy atom. The number of piperidine rings is 1. The van der Waals surface area contributed by atoms with E-state index in [1.807, 2.05) is 42.5 Å². The van der Waals surface area contributed by atoms with Crippen LogP contribution in [0.2, 0.25) is 0 Å². The Bertz CT molecular complexity index is 1030. The normalized spacial score (nSPS) is 14.7. The number of aromatic nitrogens is 3. The van der Waals surface area contributed by atoms with Crippen LogP contribution in [-0.4, -0.2) is 27.9 Å². The van der Waals surface area contributed by atoms with E-state index in [0.29, 0.717) is 5.69 Å². The van der Waals surface area contributed by atoms with Gasteiger partial charge in [0.05, 0.1) is 11.7 Å². The molecule has 1 saturated heterocycles. The first-order chi connectivity index (χ1) is 13.2. The summed E-state index contributed by atoms with van der Waals surface area (Å²) in [5.74, 6) is 0.811. The van der Waals surface area contributed by atoms with E-state index in [9.17, 15) is 4.79 Å². The van der Waals surface area contributed by atoms with Gasteiger partial charge in [-0.25, -0.2) is 9.67 Å². The standard InChI is InChI=1S/C21H19N5O/c22-15-17-7-4-8-20(23-17)25-13-11-18(12-14-25)26-21(27)10-9-19(24-26)16-5-2-1-3-6-16/h1-10,18H,11-14H2. The van der Waals surface area contributed by atoms with E-state index in [2.05, 4.69) is 21.1 Å². The third kappa shape index (κ3) is 3.58. The molecule has 0 bridgehead atoms. The van der Waals surface area contributed by atoms with Crippen LogP contribution in [0, 0.1) is 11.3 Å². The van der Waals surface area contributed by atoms with Gasteiger partial charge in [0, 0.05) is 24.7 Å². The van der Waals surface area contributed by atoms with E-state index in [1.165, 1.54) is 0 Å². The highest BCUT2D eigenvalue weighted by atomic mass is 16.1. The van der Waals surface area contributed by atoms with Gasteiger partial charge < -0.3 is 4.90 Å². The second-order valence-electron chi connectivity index (χ2n) is 6.58. The van der Waals surface area contributed by atoms with Gasteiger partial charge in [-0.2, -0.15) is 10.4 Å². The fourth-order valence-electron chi connectivity index (χ4n) is 3.45. The third-order valence-electron chi connectivity index (χ3n) is 4.88. The van der Waals surface area contributed by atoms with Crippen molar-refractivity contribution in [2.45, 2.75) is 18.9 Å². The van der Waals surface area contributed by atoms with Gasteiger partial charge in [-0.15, -0.1) is 0 Å². The molecule has 1 aliphatic rings. The molecule has 0 saturated carbocycles. The quantitative estimate of drug-likeness (QED) is 0.720. The number of nitriles is 1. The van der Waals surface area contributed by atoms with Crippen molar-refractivity contribution < 1.29 is 0 Å². The molecule has 3 heterocycles. The average Bonchev–Trinajstić information content (AvgIpc) is 2.75. The third-order valence-corrected chi connectivity index (χ3v) is 4.88. The molecular weight excluding hydrogens is 338 g/mol. The molecule has 1 aromatic carbocycles. The van der Waals surface area contributed by atoms with Gasteiger partial charge in [-0.05, 0) is 31.0 Å². The van der Waals surface area contributed by atoms with E-state index < -0.39 is 0 Å². The predicted molar refractivity (Wildman–Crippen MR) is 103 cm³/mol. The Morgan fingerprint density at radius 1 is 0.963 bits per heavy atom. The molecule has 0 N–H and O–H groups in total. The number of pyridine rings is 1. The van der Waals surface area contributed by atoms with Crippen LogP contribution in [0.15, 0.2) is 65.5 Å². The van der Waals surface area contributed by atoms with Gasteiger partial charge in [0.2, 0.25) is 0 Å². The molecule has 0 spiro atoms. The molecule has 1 aliphatic heterocycles. The van der Waals surface area contributed by atoms with Crippen molar-refractivity contribution in [3.8, 4) is 17.3 Å². The van der Waals surface area contributed by atoms with Gasteiger partial charge in [0.1, 0.15) is 17.6 Å². The van der Waals surface area contributed by atoms with Crippen LogP contribution in [0.4, 0.5) is 5.82 Å². The van der Waals surface area contributed by atoms with Crippen molar-refractivity contribution in [3.63, 3.8) is 0 Å². The predicted octanol–water partition coefficient (Wildman–Crippen LogP) is 3.02. The van der Waals surface area contributed by atoms with Crippen molar-refractivity contribution in [2.24, 2.45) is 0 Å². The molecule has 2 aromatic heterocycles. The van der Waals surface area contributed by atoms with E-state index >= 15 is 0 Å². The monoisotopic (exact) mass is 357 g/mol. The molecule has 27 heavy (non-hydrogen) atoms. The van der Waals surface area contributed by atoms with Crippen LogP contribution < -0.4 is 10.5 Å². The zero-order chi connectivity index (χ0) is 18.6. The van der Waals surface area contributed by atoms with Crippen molar-refractivity contribution in [1.29, 1.82) is 5.26 Å². The Labute approximate surface area is 157 Å². The molecule has 3 aromatic rings. The molecule has 1 fully saturated rings. The number of rotatable bonds is 3. The van der Waals surface area contributed by atoms with Crippen molar-refractivity contribution >= 4 is 5.82 Å². The Balaban J connectivity index is 1.53. The van der Waals surface area contributed by atoms with Crippen molar-refractivity contribution in [2.75, 3.05) is 18.0 Å². The Morgan fingerprint density at radius 3 is 2.48 bits per heavy atom. The number of anilines is 1. The maximum absolute atomic E-state index is 12.4. The lowest BCUT2D eigenvalue weighted by Gasteiger charge is -2.33. The van der Waals surface area contributed by atoms with Crippen LogP contribution in [0.25, 0.3) is 11.3 Å². The molecule has 0 unspecified atom stereocenters. The summed E-state index contributed by atoms with van der Waals surface area (Å²) >= 11 is 0. The Kier molecular flexibility index (Phi) is 4.67. The summed E-state index contributed by atoms with van der Waals surface area (Å²) in [5, 5.41) is 13.6. The summed E-state index contributed by atoms with van der Waals surface area (Å²) in [6.45, 7) is 1.55. The molecule has 0 aliphatic carbocycles. The lowest BCUT2D eigenvalue weighted by molar-refractivity contribution is 0.353. The van der Waals surface area contributed by atoms with Gasteiger partial charge in [0.25, 0.3) is 5.56 Å². The SMILES string of the molecule is N#Cc1cccc(N2CCC(n3nc(-c4ccccc4)ccc3=O)CC2)n1. The summed E-state index contributed by atoms with van der Waals surface area (Å²) in [6, 6.07) is 20.9. The minimum absolute atomic E-state index is 0.0663. The average molecular weight is 357 g/mol. The van der Waals surface area contributed by atoms with E-state index in [4.69, 9.17) is 5.26 Å². The largest absolute Gasteiger partial charge is 0.356 e. The number of benzene rings is 1. The topological polar surface area (TPSA) is 74.8 Å². The zero-order valence-corrected chi connectivity index (χ0v) is 14.8. The highest BCUT2D eigenvalue weighted by Gasteiger charge is 2.23. The van der Waals surface area contributed by atoms with Crippen LogP contribution >= 0.6 is 0 Å². The maximum Gasteiger partial charge on any atom is 0.267 e. The molecule has 0 amide bonds. The van der Waals surface area contributed by atoms with Gasteiger partial charge >= 0.3 is 0 Å². The van der Waals surface area contributed by atoms with Gasteiger partial charge in [-0.1, -0.05) is 36.4 Å². The zero-order valence-electron chi connectivity index (χ0n) is 14.8. The van der Waals surface area contributed by atoms with E-state index in [1.54, 1.807) is 22.9 Å².